The lowest BCUT2D eigenvalue weighted by Gasteiger charge is -2.31. The molecule has 4 amide bonds. The number of nitrogens with two attached hydrogens (primary N) is 2. The number of anilines is 1. The molecule has 1 aromatic carbocycles. The highest BCUT2D eigenvalue weighted by molar-refractivity contribution is 7.18. The molecule has 1 atom stereocenters. The third kappa shape index (κ3) is 4.83. The van der Waals surface area contributed by atoms with E-state index in [9.17, 15) is 14.4 Å². The molecule has 1 aromatic heterocycles. The number of ether oxygens (including phenoxy) is 1. The minimum Gasteiger partial charge on any atom is -0.456 e. The Hall–Kier alpha value is -3.58. The Labute approximate surface area is 170 Å². The monoisotopic (exact) mass is 413 g/mol. The molecule has 0 spiro atoms. The van der Waals surface area contributed by atoms with Gasteiger partial charge in [-0.1, -0.05) is 12.1 Å². The minimum atomic E-state index is -0.805. The van der Waals surface area contributed by atoms with Gasteiger partial charge in [-0.2, -0.15) is 5.26 Å². The van der Waals surface area contributed by atoms with Crippen LogP contribution in [0.2, 0.25) is 0 Å². The van der Waals surface area contributed by atoms with Gasteiger partial charge in [0.1, 0.15) is 11.0 Å². The second-order valence-corrected chi connectivity index (χ2v) is 7.54. The molecule has 1 saturated heterocycles. The lowest BCUT2D eigenvalue weighted by atomic mass is 10.1. The van der Waals surface area contributed by atoms with Crippen LogP contribution in [-0.4, -0.2) is 42.1 Å². The highest BCUT2D eigenvalue weighted by atomic mass is 32.1. The van der Waals surface area contributed by atoms with Crippen LogP contribution in [0.4, 0.5) is 15.3 Å². The van der Waals surface area contributed by atoms with Gasteiger partial charge in [-0.05, 0) is 36.6 Å². The lowest BCUT2D eigenvalue weighted by Crippen LogP contribution is -2.46. The molecule has 0 radical (unpaired) electrons. The van der Waals surface area contributed by atoms with Crippen LogP contribution in [0.5, 0.6) is 0 Å². The summed E-state index contributed by atoms with van der Waals surface area (Å²) in [5.41, 5.74) is 12.1. The third-order valence-corrected chi connectivity index (χ3v) is 5.60. The standard InChI is InChI=1S/C19H19N5O4S/c20-9-11-3-5-12(6-4-11)15-8-14(23-18(21)26)16(29-15)17(25)28-13-2-1-7-24(10-13)19(22)27/h3-6,8,13H,1-2,7,10H2,(H2,22,27)(H3,21,23,26). The number of rotatable bonds is 4. The number of nitrogens with one attached hydrogen (secondary N) is 1. The summed E-state index contributed by atoms with van der Waals surface area (Å²) in [5, 5.41) is 11.4. The number of thiophene rings is 1. The average Bonchev–Trinajstić information content (AvgIpc) is 3.11. The number of nitriles is 1. The van der Waals surface area contributed by atoms with Crippen molar-refractivity contribution >= 4 is 35.1 Å². The molecule has 1 unspecified atom stereocenters. The lowest BCUT2D eigenvalue weighted by molar-refractivity contribution is 0.0134. The van der Waals surface area contributed by atoms with E-state index in [0.717, 1.165) is 16.9 Å². The molecule has 0 aliphatic carbocycles. The van der Waals surface area contributed by atoms with E-state index >= 15 is 0 Å². The Balaban J connectivity index is 1.83. The van der Waals surface area contributed by atoms with Crippen molar-refractivity contribution in [3.05, 3.63) is 40.8 Å². The van der Waals surface area contributed by atoms with E-state index < -0.39 is 24.1 Å². The van der Waals surface area contributed by atoms with Crippen LogP contribution in [0, 0.1) is 11.3 Å². The van der Waals surface area contributed by atoms with E-state index in [1.165, 1.54) is 4.90 Å². The number of amides is 4. The van der Waals surface area contributed by atoms with Crippen molar-refractivity contribution in [3.8, 4) is 16.5 Å². The quantitative estimate of drug-likeness (QED) is 0.658. The maximum Gasteiger partial charge on any atom is 0.350 e. The van der Waals surface area contributed by atoms with Crippen LogP contribution >= 0.6 is 11.3 Å². The summed E-state index contributed by atoms with van der Waals surface area (Å²) in [6.45, 7) is 0.757. The number of urea groups is 2. The molecule has 3 rings (SSSR count). The molecule has 0 bridgehead atoms. The molecule has 0 saturated carbocycles. The fourth-order valence-corrected chi connectivity index (χ4v) is 4.06. The Kier molecular flexibility index (Phi) is 5.99. The Morgan fingerprint density at radius 3 is 2.59 bits per heavy atom. The summed E-state index contributed by atoms with van der Waals surface area (Å²) in [4.78, 5) is 37.8. The number of likely N-dealkylation sites (tertiary alicyclic amines) is 1. The summed E-state index contributed by atoms with van der Waals surface area (Å²) < 4.78 is 5.55. The van der Waals surface area contributed by atoms with Gasteiger partial charge in [0.25, 0.3) is 0 Å². The second-order valence-electron chi connectivity index (χ2n) is 6.49. The van der Waals surface area contributed by atoms with Crippen molar-refractivity contribution in [1.29, 1.82) is 5.26 Å². The first-order valence-corrected chi connectivity index (χ1v) is 9.65. The molecule has 2 heterocycles. The van der Waals surface area contributed by atoms with Gasteiger partial charge >= 0.3 is 18.0 Å². The number of hydrogen-bond donors (Lipinski definition) is 3. The number of esters is 1. The van der Waals surface area contributed by atoms with Crippen molar-refractivity contribution in [2.75, 3.05) is 18.4 Å². The first-order chi connectivity index (χ1) is 13.9. The number of carbonyl (C=O) groups is 3. The molecule has 2 aromatic rings. The molecule has 10 heteroatoms. The summed E-state index contributed by atoms with van der Waals surface area (Å²) >= 11 is 1.14. The zero-order valence-electron chi connectivity index (χ0n) is 15.4. The van der Waals surface area contributed by atoms with Gasteiger partial charge in [-0.15, -0.1) is 11.3 Å². The van der Waals surface area contributed by atoms with Crippen molar-refractivity contribution in [2.24, 2.45) is 11.5 Å². The third-order valence-electron chi connectivity index (χ3n) is 4.44. The van der Waals surface area contributed by atoms with Gasteiger partial charge in [0, 0.05) is 11.4 Å². The van der Waals surface area contributed by atoms with E-state index in [2.05, 4.69) is 5.32 Å². The van der Waals surface area contributed by atoms with Crippen LogP contribution in [0.25, 0.3) is 10.4 Å². The Morgan fingerprint density at radius 2 is 1.97 bits per heavy atom. The highest BCUT2D eigenvalue weighted by Crippen LogP contribution is 2.36. The van der Waals surface area contributed by atoms with E-state index in [-0.39, 0.29) is 17.1 Å². The molecule has 1 aliphatic heterocycles. The van der Waals surface area contributed by atoms with Crippen LogP contribution < -0.4 is 16.8 Å². The number of carbonyl (C=O) groups excluding carboxylic acids is 3. The number of benzene rings is 1. The topological polar surface area (TPSA) is 152 Å². The van der Waals surface area contributed by atoms with E-state index in [1.54, 1.807) is 30.3 Å². The number of primary amides is 2. The molecular formula is C19H19N5O4S. The van der Waals surface area contributed by atoms with Crippen molar-refractivity contribution < 1.29 is 19.1 Å². The largest absolute Gasteiger partial charge is 0.456 e. The number of nitrogens with zero attached hydrogens (tertiary/aromatic N) is 2. The molecule has 9 nitrogen and oxygen atoms in total. The SMILES string of the molecule is N#Cc1ccc(-c2cc(NC(N)=O)c(C(=O)OC3CCCN(C(N)=O)C3)s2)cc1. The van der Waals surface area contributed by atoms with Crippen LogP contribution in [0.1, 0.15) is 28.1 Å². The van der Waals surface area contributed by atoms with Crippen LogP contribution in [0.3, 0.4) is 0 Å². The van der Waals surface area contributed by atoms with E-state index in [1.807, 2.05) is 6.07 Å². The average molecular weight is 413 g/mol. The summed E-state index contributed by atoms with van der Waals surface area (Å²) in [7, 11) is 0. The van der Waals surface area contributed by atoms with Gasteiger partial charge in [0.15, 0.2) is 0 Å². The van der Waals surface area contributed by atoms with Gasteiger partial charge in [-0.25, -0.2) is 14.4 Å². The smallest absolute Gasteiger partial charge is 0.350 e. The molecule has 150 valence electrons. The zero-order chi connectivity index (χ0) is 21.0. The molecule has 1 aliphatic rings. The summed E-state index contributed by atoms with van der Waals surface area (Å²) in [6.07, 6.45) is 0.807. The van der Waals surface area contributed by atoms with Gasteiger partial charge in [0.05, 0.1) is 23.9 Å². The first-order valence-electron chi connectivity index (χ1n) is 8.83. The second kappa shape index (κ2) is 8.62. The van der Waals surface area contributed by atoms with Crippen molar-refractivity contribution in [1.82, 2.24) is 4.90 Å². The van der Waals surface area contributed by atoms with Gasteiger partial charge < -0.3 is 26.4 Å². The van der Waals surface area contributed by atoms with E-state index in [0.29, 0.717) is 29.8 Å². The fourth-order valence-electron chi connectivity index (χ4n) is 3.06. The Morgan fingerprint density at radius 1 is 1.24 bits per heavy atom. The van der Waals surface area contributed by atoms with E-state index in [4.69, 9.17) is 21.5 Å². The van der Waals surface area contributed by atoms with Gasteiger partial charge in [-0.3, -0.25) is 0 Å². The van der Waals surface area contributed by atoms with Crippen LogP contribution in [0.15, 0.2) is 30.3 Å². The summed E-state index contributed by atoms with van der Waals surface area (Å²) in [5.74, 6) is -0.616. The molecule has 1 fully saturated rings. The number of piperidine rings is 1. The molecule has 5 N–H and O–H groups in total. The first kappa shape index (κ1) is 20.2. The molecular weight excluding hydrogens is 394 g/mol. The van der Waals surface area contributed by atoms with Gasteiger partial charge in [0.2, 0.25) is 0 Å². The predicted octanol–water partition coefficient (Wildman–Crippen LogP) is 2.48. The highest BCUT2D eigenvalue weighted by Gasteiger charge is 2.27. The minimum absolute atomic E-state index is 0.194. The maximum atomic E-state index is 12.8. The summed E-state index contributed by atoms with van der Waals surface area (Å²) in [6, 6.07) is 9.13. The molecule has 29 heavy (non-hydrogen) atoms. The zero-order valence-corrected chi connectivity index (χ0v) is 16.2. The van der Waals surface area contributed by atoms with Crippen molar-refractivity contribution in [2.45, 2.75) is 18.9 Å². The normalized spacial score (nSPS) is 16.0. The predicted molar refractivity (Wildman–Crippen MR) is 107 cm³/mol. The maximum absolute atomic E-state index is 12.8. The Bertz CT molecular complexity index is 979. The number of hydrogen-bond acceptors (Lipinski definition) is 6. The van der Waals surface area contributed by atoms with Crippen molar-refractivity contribution in [3.63, 3.8) is 0 Å². The fraction of sp³-hybridized carbons (Fsp3) is 0.263. The van der Waals surface area contributed by atoms with Crippen LogP contribution in [-0.2, 0) is 4.74 Å².